The largest absolute Gasteiger partial charge is 0.129 e. The van der Waals surface area contributed by atoms with Crippen molar-refractivity contribution in [3.8, 4) is 0 Å². The average Bonchev–Trinajstić information content (AvgIpc) is 1.78. The highest BCUT2D eigenvalue weighted by molar-refractivity contribution is 4.95. The van der Waals surface area contributed by atoms with Crippen LogP contribution in [0.15, 0.2) is 30.5 Å². The molecule has 0 spiro atoms. The van der Waals surface area contributed by atoms with Crippen LogP contribution in [0.2, 0.25) is 0 Å². The Balaban J connectivity index is 3.85. The molecule has 0 aliphatic heterocycles. The number of hydrogen-bond acceptors (Lipinski definition) is 0. The van der Waals surface area contributed by atoms with Crippen molar-refractivity contribution < 1.29 is 0 Å². The third-order valence-electron chi connectivity index (χ3n) is 0.919. The molecular formula is C10H16. The van der Waals surface area contributed by atoms with Crippen LogP contribution in [0.4, 0.5) is 0 Å². The SMILES string of the molecule is C=CCC=C=CC(C)(C)C. The van der Waals surface area contributed by atoms with Crippen molar-refractivity contribution in [1.29, 1.82) is 0 Å². The number of allylic oxidation sites excluding steroid dienone is 2. The standard InChI is InChI=1S/C10H16/c1-5-6-7-8-9-10(2,3)4/h5,7,9H,1,6H2,2-4H3. The first kappa shape index (κ1) is 9.26. The third-order valence-corrected chi connectivity index (χ3v) is 0.919. The second-order valence-corrected chi connectivity index (χ2v) is 3.41. The van der Waals surface area contributed by atoms with Crippen LogP contribution in [0.25, 0.3) is 0 Å². The van der Waals surface area contributed by atoms with Gasteiger partial charge in [-0.25, -0.2) is 0 Å². The van der Waals surface area contributed by atoms with Gasteiger partial charge in [-0.2, -0.15) is 0 Å². The first-order valence-electron chi connectivity index (χ1n) is 3.59. The molecule has 0 radical (unpaired) electrons. The normalized spacial score (nSPS) is 9.90. The minimum Gasteiger partial charge on any atom is -0.129 e. The van der Waals surface area contributed by atoms with Gasteiger partial charge in [-0.3, -0.25) is 0 Å². The summed E-state index contributed by atoms with van der Waals surface area (Å²) in [7, 11) is 0. The lowest BCUT2D eigenvalue weighted by Gasteiger charge is -2.08. The zero-order valence-electron chi connectivity index (χ0n) is 7.15. The Morgan fingerprint density at radius 3 is 2.40 bits per heavy atom. The van der Waals surface area contributed by atoms with Gasteiger partial charge in [-0.15, -0.1) is 12.3 Å². The lowest BCUT2D eigenvalue weighted by molar-refractivity contribution is 0.545. The van der Waals surface area contributed by atoms with Crippen molar-refractivity contribution in [2.45, 2.75) is 27.2 Å². The van der Waals surface area contributed by atoms with Crippen LogP contribution in [-0.2, 0) is 0 Å². The van der Waals surface area contributed by atoms with Crippen LogP contribution in [0.3, 0.4) is 0 Å². The van der Waals surface area contributed by atoms with E-state index in [1.54, 1.807) is 0 Å². The van der Waals surface area contributed by atoms with Crippen molar-refractivity contribution in [1.82, 2.24) is 0 Å². The Morgan fingerprint density at radius 1 is 1.40 bits per heavy atom. The fourth-order valence-corrected chi connectivity index (χ4v) is 0.460. The molecule has 0 aliphatic carbocycles. The van der Waals surface area contributed by atoms with Crippen LogP contribution in [0, 0.1) is 5.41 Å². The maximum absolute atomic E-state index is 3.61. The molecule has 0 fully saturated rings. The van der Waals surface area contributed by atoms with Gasteiger partial charge >= 0.3 is 0 Å². The van der Waals surface area contributed by atoms with Crippen LogP contribution in [-0.4, -0.2) is 0 Å². The molecule has 0 aromatic heterocycles. The smallest absolute Gasteiger partial charge is 0.00957 e. The second-order valence-electron chi connectivity index (χ2n) is 3.41. The van der Waals surface area contributed by atoms with E-state index in [0.717, 1.165) is 6.42 Å². The third kappa shape index (κ3) is 7.26. The molecule has 0 bridgehead atoms. The fourth-order valence-electron chi connectivity index (χ4n) is 0.460. The highest BCUT2D eigenvalue weighted by Crippen LogP contribution is 2.13. The molecule has 0 unspecified atom stereocenters. The molecule has 0 aromatic rings. The maximum atomic E-state index is 3.61. The zero-order valence-corrected chi connectivity index (χ0v) is 7.15. The molecule has 0 heteroatoms. The summed E-state index contributed by atoms with van der Waals surface area (Å²) < 4.78 is 0. The molecule has 0 nitrogen and oxygen atoms in total. The summed E-state index contributed by atoms with van der Waals surface area (Å²) in [5.74, 6) is 0. The second kappa shape index (κ2) is 4.14. The van der Waals surface area contributed by atoms with Crippen LogP contribution in [0.5, 0.6) is 0 Å². The predicted molar refractivity (Wildman–Crippen MR) is 46.9 cm³/mol. The summed E-state index contributed by atoms with van der Waals surface area (Å²) in [5, 5.41) is 0. The minimum absolute atomic E-state index is 0.248. The van der Waals surface area contributed by atoms with Gasteiger partial charge in [0.25, 0.3) is 0 Å². The Bertz CT molecular complexity index is 149. The molecule has 0 heterocycles. The molecule has 0 saturated heterocycles. The molecule has 0 aliphatic rings. The summed E-state index contributed by atoms with van der Waals surface area (Å²) in [6.07, 6.45) is 6.82. The van der Waals surface area contributed by atoms with E-state index in [0.29, 0.717) is 0 Å². The summed E-state index contributed by atoms with van der Waals surface area (Å²) in [6, 6.07) is 0. The van der Waals surface area contributed by atoms with E-state index < -0.39 is 0 Å². The van der Waals surface area contributed by atoms with Gasteiger partial charge < -0.3 is 0 Å². The van der Waals surface area contributed by atoms with Gasteiger partial charge in [0.2, 0.25) is 0 Å². The summed E-state index contributed by atoms with van der Waals surface area (Å²) in [4.78, 5) is 0. The molecule has 0 amide bonds. The van der Waals surface area contributed by atoms with Gasteiger partial charge in [-0.05, 0) is 24.0 Å². The predicted octanol–water partition coefficient (Wildman–Crippen LogP) is 3.32. The Labute approximate surface area is 64.0 Å². The van der Waals surface area contributed by atoms with Crippen LogP contribution < -0.4 is 0 Å². The average molecular weight is 136 g/mol. The van der Waals surface area contributed by atoms with Gasteiger partial charge in [-0.1, -0.05) is 26.8 Å². The van der Waals surface area contributed by atoms with Gasteiger partial charge in [0.1, 0.15) is 0 Å². The van der Waals surface area contributed by atoms with E-state index >= 15 is 0 Å². The molecule has 0 N–H and O–H groups in total. The van der Waals surface area contributed by atoms with Gasteiger partial charge in [0.15, 0.2) is 0 Å². The van der Waals surface area contributed by atoms with E-state index in [-0.39, 0.29) is 5.41 Å². The van der Waals surface area contributed by atoms with Crippen molar-refractivity contribution in [3.63, 3.8) is 0 Å². The van der Waals surface area contributed by atoms with E-state index in [9.17, 15) is 0 Å². The van der Waals surface area contributed by atoms with Crippen LogP contribution >= 0.6 is 0 Å². The molecule has 10 heavy (non-hydrogen) atoms. The van der Waals surface area contributed by atoms with E-state index in [4.69, 9.17) is 0 Å². The monoisotopic (exact) mass is 136 g/mol. The molecule has 0 aromatic carbocycles. The van der Waals surface area contributed by atoms with E-state index in [1.807, 2.05) is 12.2 Å². The first-order valence-corrected chi connectivity index (χ1v) is 3.59. The van der Waals surface area contributed by atoms with E-state index in [2.05, 4.69) is 39.2 Å². The molecular weight excluding hydrogens is 120 g/mol. The highest BCUT2D eigenvalue weighted by atomic mass is 14.1. The lowest BCUT2D eigenvalue weighted by Crippen LogP contribution is -1.96. The van der Waals surface area contributed by atoms with Crippen molar-refractivity contribution in [2.75, 3.05) is 0 Å². The first-order chi connectivity index (χ1) is 4.56. The number of rotatable bonds is 2. The van der Waals surface area contributed by atoms with Crippen molar-refractivity contribution >= 4 is 0 Å². The summed E-state index contributed by atoms with van der Waals surface area (Å²) in [6.45, 7) is 10.1. The van der Waals surface area contributed by atoms with Crippen molar-refractivity contribution in [3.05, 3.63) is 30.5 Å². The lowest BCUT2D eigenvalue weighted by atomic mass is 9.97. The van der Waals surface area contributed by atoms with Crippen LogP contribution in [0.1, 0.15) is 27.2 Å². The topological polar surface area (TPSA) is 0 Å². The summed E-state index contributed by atoms with van der Waals surface area (Å²) in [5.41, 5.74) is 3.35. The quantitative estimate of drug-likeness (QED) is 0.403. The highest BCUT2D eigenvalue weighted by Gasteiger charge is 2.01. The Morgan fingerprint density at radius 2 is 2.00 bits per heavy atom. The van der Waals surface area contributed by atoms with Crippen molar-refractivity contribution in [2.24, 2.45) is 5.41 Å². The summed E-state index contributed by atoms with van der Waals surface area (Å²) >= 11 is 0. The Kier molecular flexibility index (Phi) is 3.83. The maximum Gasteiger partial charge on any atom is -0.00957 e. The minimum atomic E-state index is 0.248. The molecule has 56 valence electrons. The molecule has 0 saturated carbocycles. The number of hydrogen-bond donors (Lipinski definition) is 0. The molecule has 0 rings (SSSR count). The van der Waals surface area contributed by atoms with E-state index in [1.165, 1.54) is 0 Å². The zero-order chi connectivity index (χ0) is 8.04. The Hall–Kier alpha value is -0.740. The van der Waals surface area contributed by atoms with Gasteiger partial charge in [0.05, 0.1) is 0 Å². The fraction of sp³-hybridized carbons (Fsp3) is 0.500. The molecule has 0 atom stereocenters. The van der Waals surface area contributed by atoms with Gasteiger partial charge in [0, 0.05) is 0 Å².